The Morgan fingerprint density at radius 1 is 1.60 bits per heavy atom. The fourth-order valence-electron chi connectivity index (χ4n) is 1.30. The first kappa shape index (κ1) is 11.0. The van der Waals surface area contributed by atoms with E-state index in [0.717, 1.165) is 0 Å². The van der Waals surface area contributed by atoms with Crippen molar-refractivity contribution < 1.29 is 4.39 Å². The van der Waals surface area contributed by atoms with Gasteiger partial charge in [-0.25, -0.2) is 4.39 Å². The van der Waals surface area contributed by atoms with Gasteiger partial charge in [-0.2, -0.15) is 5.26 Å². The minimum absolute atomic E-state index is 0.0187. The van der Waals surface area contributed by atoms with Crippen LogP contribution in [0.1, 0.15) is 18.1 Å². The molecular weight excluding hydrogens is 191 g/mol. The summed E-state index contributed by atoms with van der Waals surface area (Å²) in [7, 11) is 0. The summed E-state index contributed by atoms with van der Waals surface area (Å²) < 4.78 is 13.2. The van der Waals surface area contributed by atoms with Crippen LogP contribution in [-0.2, 0) is 0 Å². The number of rotatable bonds is 2. The van der Waals surface area contributed by atoms with Crippen LogP contribution in [0.2, 0.25) is 0 Å². The van der Waals surface area contributed by atoms with Crippen molar-refractivity contribution in [2.45, 2.75) is 6.92 Å². The van der Waals surface area contributed by atoms with Crippen molar-refractivity contribution in [3.05, 3.63) is 47.8 Å². The number of halogens is 1. The lowest BCUT2D eigenvalue weighted by molar-refractivity contribution is 0.632. The third kappa shape index (κ3) is 2.05. The van der Waals surface area contributed by atoms with E-state index in [1.165, 1.54) is 12.1 Å². The zero-order valence-corrected chi connectivity index (χ0v) is 8.42. The molecule has 76 valence electrons. The molecule has 1 aromatic rings. The maximum Gasteiger partial charge on any atom is 0.146 e. The van der Waals surface area contributed by atoms with Gasteiger partial charge < -0.3 is 5.73 Å². The van der Waals surface area contributed by atoms with Crippen molar-refractivity contribution in [2.24, 2.45) is 0 Å². The Morgan fingerprint density at radius 3 is 2.73 bits per heavy atom. The molecule has 15 heavy (non-hydrogen) atoms. The summed E-state index contributed by atoms with van der Waals surface area (Å²) in [6, 6.07) is 4.56. The van der Waals surface area contributed by atoms with Crippen molar-refractivity contribution in [1.82, 2.24) is 0 Å². The second-order valence-electron chi connectivity index (χ2n) is 2.98. The number of benzene rings is 1. The maximum absolute atomic E-state index is 13.2. The summed E-state index contributed by atoms with van der Waals surface area (Å²) in [6.07, 6.45) is 3.34. The lowest BCUT2D eigenvalue weighted by Gasteiger charge is -2.06. The fraction of sp³-hybridized carbons (Fsp3) is 0.0833. The predicted molar refractivity (Wildman–Crippen MR) is 59.4 cm³/mol. The van der Waals surface area contributed by atoms with E-state index in [4.69, 9.17) is 11.0 Å². The Morgan fingerprint density at radius 2 is 2.27 bits per heavy atom. The Kier molecular flexibility index (Phi) is 3.25. The zero-order chi connectivity index (χ0) is 11.4. The molecule has 0 unspecified atom stereocenters. The summed E-state index contributed by atoms with van der Waals surface area (Å²) in [4.78, 5) is 0. The van der Waals surface area contributed by atoms with Gasteiger partial charge in [0.2, 0.25) is 0 Å². The quantitative estimate of drug-likeness (QED) is 0.592. The summed E-state index contributed by atoms with van der Waals surface area (Å²) in [5.41, 5.74) is 6.94. The number of hydrogen-bond acceptors (Lipinski definition) is 2. The molecule has 0 aliphatic rings. The minimum atomic E-state index is -0.523. The van der Waals surface area contributed by atoms with E-state index >= 15 is 0 Å². The lowest BCUT2D eigenvalue weighted by atomic mass is 9.99. The van der Waals surface area contributed by atoms with Crippen LogP contribution in [-0.4, -0.2) is 0 Å². The molecule has 0 bridgehead atoms. The smallest absolute Gasteiger partial charge is 0.146 e. The predicted octanol–water partition coefficient (Wildman–Crippen LogP) is 2.87. The second kappa shape index (κ2) is 4.43. The highest BCUT2D eigenvalue weighted by molar-refractivity contribution is 5.78. The number of nitrogen functional groups attached to an aromatic ring is 1. The standard InChI is InChI=1S/C12H11FN2/c1-3-8(4-2)10-6-11(13)12(15)5-9(10)7-14/h3-6H,1,15H2,2H3/b8-4+. The van der Waals surface area contributed by atoms with Gasteiger partial charge in [-0.15, -0.1) is 0 Å². The average molecular weight is 202 g/mol. The molecule has 1 aromatic carbocycles. The van der Waals surface area contributed by atoms with Crippen LogP contribution in [0, 0.1) is 17.1 Å². The molecule has 0 saturated carbocycles. The van der Waals surface area contributed by atoms with Gasteiger partial charge in [0, 0.05) is 5.56 Å². The van der Waals surface area contributed by atoms with Gasteiger partial charge >= 0.3 is 0 Å². The van der Waals surface area contributed by atoms with Crippen molar-refractivity contribution in [3.8, 4) is 6.07 Å². The second-order valence-corrected chi connectivity index (χ2v) is 2.98. The number of anilines is 1. The van der Waals surface area contributed by atoms with Crippen LogP contribution in [0.3, 0.4) is 0 Å². The van der Waals surface area contributed by atoms with Gasteiger partial charge in [-0.3, -0.25) is 0 Å². The largest absolute Gasteiger partial charge is 0.396 e. The van der Waals surface area contributed by atoms with Gasteiger partial charge in [-0.05, 0) is 24.6 Å². The molecule has 1 rings (SSSR count). The Hall–Kier alpha value is -2.08. The van der Waals surface area contributed by atoms with E-state index in [1.807, 2.05) is 6.07 Å². The first-order valence-corrected chi connectivity index (χ1v) is 4.42. The summed E-state index contributed by atoms with van der Waals surface area (Å²) >= 11 is 0. The topological polar surface area (TPSA) is 49.8 Å². The van der Waals surface area contributed by atoms with Gasteiger partial charge in [0.25, 0.3) is 0 Å². The molecule has 0 aliphatic heterocycles. The number of nitriles is 1. The van der Waals surface area contributed by atoms with Gasteiger partial charge in [0.15, 0.2) is 0 Å². The lowest BCUT2D eigenvalue weighted by Crippen LogP contribution is -1.96. The first-order chi connectivity index (χ1) is 7.13. The molecule has 0 amide bonds. The Labute approximate surface area is 88.1 Å². The summed E-state index contributed by atoms with van der Waals surface area (Å²) in [6.45, 7) is 5.40. The van der Waals surface area contributed by atoms with Crippen LogP contribution in [0.15, 0.2) is 30.9 Å². The molecule has 0 radical (unpaired) electrons. The Balaban J connectivity index is 3.48. The van der Waals surface area contributed by atoms with Crippen LogP contribution in [0.25, 0.3) is 5.57 Å². The monoisotopic (exact) mass is 202 g/mol. The number of nitrogens with two attached hydrogens (primary N) is 1. The number of allylic oxidation sites excluding steroid dienone is 3. The zero-order valence-electron chi connectivity index (χ0n) is 8.42. The van der Waals surface area contributed by atoms with E-state index in [-0.39, 0.29) is 5.69 Å². The first-order valence-electron chi connectivity index (χ1n) is 4.42. The van der Waals surface area contributed by atoms with Gasteiger partial charge in [0.05, 0.1) is 17.3 Å². The van der Waals surface area contributed by atoms with E-state index in [1.54, 1.807) is 19.1 Å². The highest BCUT2D eigenvalue weighted by atomic mass is 19.1. The van der Waals surface area contributed by atoms with Gasteiger partial charge in [-0.1, -0.05) is 18.7 Å². The van der Waals surface area contributed by atoms with Crippen LogP contribution in [0.5, 0.6) is 0 Å². The van der Waals surface area contributed by atoms with Crippen molar-refractivity contribution in [3.63, 3.8) is 0 Å². The summed E-state index contributed by atoms with van der Waals surface area (Å²) in [5.74, 6) is -0.523. The van der Waals surface area contributed by atoms with Crippen molar-refractivity contribution in [1.29, 1.82) is 5.26 Å². The van der Waals surface area contributed by atoms with Gasteiger partial charge in [0.1, 0.15) is 5.82 Å². The minimum Gasteiger partial charge on any atom is -0.396 e. The molecule has 0 aromatic heterocycles. The molecular formula is C12H11FN2. The van der Waals surface area contributed by atoms with E-state index in [0.29, 0.717) is 16.7 Å². The van der Waals surface area contributed by atoms with Crippen LogP contribution >= 0.6 is 0 Å². The third-order valence-electron chi connectivity index (χ3n) is 2.10. The van der Waals surface area contributed by atoms with E-state index in [2.05, 4.69) is 6.58 Å². The number of hydrogen-bond donors (Lipinski definition) is 1. The normalized spacial score (nSPS) is 10.9. The SMILES string of the molecule is C=C/C(=C\C)c1cc(F)c(N)cc1C#N. The molecule has 0 heterocycles. The molecule has 0 aliphatic carbocycles. The fourth-order valence-corrected chi connectivity index (χ4v) is 1.30. The Bertz CT molecular complexity index is 467. The molecule has 2 N–H and O–H groups in total. The summed E-state index contributed by atoms with van der Waals surface area (Å²) in [5, 5.41) is 8.88. The maximum atomic E-state index is 13.2. The molecule has 0 fully saturated rings. The van der Waals surface area contributed by atoms with Crippen LogP contribution in [0.4, 0.5) is 10.1 Å². The average Bonchev–Trinajstić information content (AvgIpc) is 2.24. The molecule has 0 spiro atoms. The number of nitrogens with zero attached hydrogens (tertiary/aromatic N) is 1. The molecule has 0 saturated heterocycles. The van der Waals surface area contributed by atoms with Crippen molar-refractivity contribution in [2.75, 3.05) is 5.73 Å². The van der Waals surface area contributed by atoms with E-state index < -0.39 is 5.82 Å². The van der Waals surface area contributed by atoms with Crippen LogP contribution < -0.4 is 5.73 Å². The highest BCUT2D eigenvalue weighted by Crippen LogP contribution is 2.24. The molecule has 3 heteroatoms. The molecule has 2 nitrogen and oxygen atoms in total. The van der Waals surface area contributed by atoms with E-state index in [9.17, 15) is 4.39 Å². The van der Waals surface area contributed by atoms with Crippen molar-refractivity contribution >= 4 is 11.3 Å². The third-order valence-corrected chi connectivity index (χ3v) is 2.10. The highest BCUT2D eigenvalue weighted by Gasteiger charge is 2.09. The molecule has 0 atom stereocenters.